The number of piperidine rings is 1. The first-order valence-corrected chi connectivity index (χ1v) is 11.3. The van der Waals surface area contributed by atoms with E-state index in [0.29, 0.717) is 24.8 Å². The molecule has 28 heavy (non-hydrogen) atoms. The second-order valence-electron chi connectivity index (χ2n) is 9.93. The Morgan fingerprint density at radius 2 is 2.14 bits per heavy atom. The van der Waals surface area contributed by atoms with Crippen molar-refractivity contribution in [1.29, 1.82) is 0 Å². The summed E-state index contributed by atoms with van der Waals surface area (Å²) in [4.78, 5) is 0. The normalized spacial score (nSPS) is 42.8. The lowest BCUT2D eigenvalue weighted by Gasteiger charge is -2.68. The van der Waals surface area contributed by atoms with Crippen molar-refractivity contribution in [3.8, 4) is 11.5 Å². The molecule has 2 unspecified atom stereocenters. The number of phenolic OH excluding ortho intramolecular Hbond substituents is 1. The quantitative estimate of drug-likeness (QED) is 0.619. The van der Waals surface area contributed by atoms with Crippen molar-refractivity contribution in [2.75, 3.05) is 19.7 Å². The zero-order valence-electron chi connectivity index (χ0n) is 16.8. The van der Waals surface area contributed by atoms with E-state index in [2.05, 4.69) is 6.92 Å². The molecular weight excluding hydrogens is 354 g/mol. The third-order valence-corrected chi connectivity index (χ3v) is 8.48. The Morgan fingerprint density at radius 1 is 1.29 bits per heavy atom. The molecule has 5 nitrogen and oxygen atoms in total. The maximum Gasteiger partial charge on any atom is 0.165 e. The number of rotatable bonds is 5. The third kappa shape index (κ3) is 1.98. The molecule has 1 aromatic rings. The second kappa shape index (κ2) is 5.65. The van der Waals surface area contributed by atoms with Gasteiger partial charge in [-0.2, -0.15) is 0 Å². The summed E-state index contributed by atoms with van der Waals surface area (Å²) in [6.07, 6.45) is 7.93. The Hall–Kier alpha value is -1.30. The van der Waals surface area contributed by atoms with Gasteiger partial charge in [-0.25, -0.2) is 0 Å². The number of benzene rings is 1. The molecule has 3 aliphatic carbocycles. The van der Waals surface area contributed by atoms with E-state index in [1.165, 1.54) is 24.0 Å². The van der Waals surface area contributed by atoms with Gasteiger partial charge in [0.25, 0.3) is 0 Å². The van der Waals surface area contributed by atoms with Gasteiger partial charge in [-0.3, -0.25) is 0 Å². The molecule has 6 rings (SSSR count). The first-order chi connectivity index (χ1) is 13.5. The Morgan fingerprint density at radius 3 is 2.93 bits per heavy atom. The van der Waals surface area contributed by atoms with Crippen LogP contribution in [0.4, 0.5) is 0 Å². The van der Waals surface area contributed by atoms with Crippen LogP contribution in [-0.2, 0) is 16.6 Å². The number of aromatic hydroxyl groups is 1. The molecule has 0 amide bonds. The number of phenols is 1. The summed E-state index contributed by atoms with van der Waals surface area (Å²) in [5.41, 5.74) is 1.68. The number of likely N-dealkylation sites (tertiary alicyclic amines) is 1. The topological polar surface area (TPSA) is 61.8 Å². The fourth-order valence-electron chi connectivity index (χ4n) is 7.30. The van der Waals surface area contributed by atoms with Gasteiger partial charge < -0.3 is 24.4 Å². The van der Waals surface area contributed by atoms with Crippen molar-refractivity contribution in [2.45, 2.75) is 81.5 Å². The van der Waals surface area contributed by atoms with Gasteiger partial charge in [-0.05, 0) is 50.2 Å². The van der Waals surface area contributed by atoms with Crippen LogP contribution in [0.2, 0.25) is 0 Å². The number of hydrogen-bond donors (Lipinski definition) is 1. The number of nitrogens with zero attached hydrogens (tertiary/aromatic N) is 1. The number of quaternary nitrogens is 1. The van der Waals surface area contributed by atoms with E-state index in [0.717, 1.165) is 45.1 Å². The highest BCUT2D eigenvalue weighted by Crippen LogP contribution is 2.67. The summed E-state index contributed by atoms with van der Waals surface area (Å²) in [6.45, 7) is 4.25. The molecule has 2 aliphatic heterocycles. The first-order valence-electron chi connectivity index (χ1n) is 11.3. The van der Waals surface area contributed by atoms with Crippen molar-refractivity contribution in [1.82, 2.24) is 0 Å². The lowest BCUT2D eigenvalue weighted by atomic mass is 9.49. The molecule has 0 radical (unpaired) electrons. The zero-order chi connectivity index (χ0) is 19.1. The van der Waals surface area contributed by atoms with Gasteiger partial charge in [-0.1, -0.05) is 13.0 Å². The van der Waals surface area contributed by atoms with Crippen molar-refractivity contribution >= 4 is 0 Å². The average molecular weight is 386 g/mol. The molecule has 0 aromatic heterocycles. The molecule has 2 heterocycles. The van der Waals surface area contributed by atoms with Crippen LogP contribution < -0.4 is 4.74 Å². The predicted octanol–water partition coefficient (Wildman–Crippen LogP) is 3.79. The molecule has 1 aromatic carbocycles. The largest absolute Gasteiger partial charge is 0.632 e. The van der Waals surface area contributed by atoms with Crippen LogP contribution in [0.25, 0.3) is 0 Å². The fourth-order valence-corrected chi connectivity index (χ4v) is 7.30. The Labute approximate surface area is 166 Å². The molecule has 152 valence electrons. The lowest BCUT2D eigenvalue weighted by molar-refractivity contribution is -0.924. The van der Waals surface area contributed by atoms with Crippen LogP contribution in [0.5, 0.6) is 11.5 Å². The summed E-state index contributed by atoms with van der Waals surface area (Å²) in [7, 11) is 0. The molecule has 2 bridgehead atoms. The molecule has 2 saturated carbocycles. The van der Waals surface area contributed by atoms with Crippen molar-refractivity contribution in [2.24, 2.45) is 5.92 Å². The minimum atomic E-state index is -0.452. The van der Waals surface area contributed by atoms with Gasteiger partial charge in [0.1, 0.15) is 17.7 Å². The van der Waals surface area contributed by atoms with Gasteiger partial charge in [-0.15, -0.1) is 0 Å². The maximum absolute atomic E-state index is 14.3. The molecule has 3 fully saturated rings. The summed E-state index contributed by atoms with van der Waals surface area (Å²) >= 11 is 0. The molecule has 1 N–H and O–H groups in total. The Balaban J connectivity index is 1.57. The van der Waals surface area contributed by atoms with E-state index in [1.54, 1.807) is 6.07 Å². The summed E-state index contributed by atoms with van der Waals surface area (Å²) in [5, 5.41) is 24.9. The number of hydrogen-bond acceptors (Lipinski definition) is 4. The van der Waals surface area contributed by atoms with E-state index in [9.17, 15) is 10.3 Å². The minimum absolute atomic E-state index is 0.0256. The van der Waals surface area contributed by atoms with E-state index in [-0.39, 0.29) is 28.0 Å². The SMILES string of the molecule is CCCO[C@@]12CCCC3Oc4c(O)ccc5c4[C@@]31CC[N+]([O-])(CC1CC1)[C@@H]2C5. The first kappa shape index (κ1) is 17.5. The number of ether oxygens (including phenoxy) is 2. The van der Waals surface area contributed by atoms with Gasteiger partial charge >= 0.3 is 0 Å². The Kier molecular flexibility index (Phi) is 3.54. The highest BCUT2D eigenvalue weighted by atomic mass is 16.6. The zero-order valence-corrected chi connectivity index (χ0v) is 16.8. The monoisotopic (exact) mass is 385 g/mol. The number of hydroxylamine groups is 3. The predicted molar refractivity (Wildman–Crippen MR) is 105 cm³/mol. The van der Waals surface area contributed by atoms with Gasteiger partial charge in [0.05, 0.1) is 18.5 Å². The van der Waals surface area contributed by atoms with E-state index < -0.39 is 5.60 Å². The molecule has 1 saturated heterocycles. The highest BCUT2D eigenvalue weighted by molar-refractivity contribution is 5.62. The van der Waals surface area contributed by atoms with Crippen molar-refractivity contribution in [3.63, 3.8) is 0 Å². The van der Waals surface area contributed by atoms with Gasteiger partial charge in [0.15, 0.2) is 11.5 Å². The standard InChI is InChI=1S/C23H31NO4/c1-2-12-27-23-9-3-4-19-22(23)10-11-24(26,14-15-5-6-15)18(23)13-16-7-8-17(25)21(28-19)20(16)22/h7-8,15,18-19,25H,2-6,9-14H2,1H3/t18-,19?,22-,23-,24?/m1/s1. The average Bonchev–Trinajstić information content (AvgIpc) is 3.42. The van der Waals surface area contributed by atoms with Crippen LogP contribution in [0.3, 0.4) is 0 Å². The van der Waals surface area contributed by atoms with Crippen LogP contribution in [0, 0.1) is 11.1 Å². The van der Waals surface area contributed by atoms with Crippen molar-refractivity contribution in [3.05, 3.63) is 28.5 Å². The van der Waals surface area contributed by atoms with Crippen LogP contribution in [0.1, 0.15) is 63.0 Å². The van der Waals surface area contributed by atoms with Crippen LogP contribution in [0.15, 0.2) is 12.1 Å². The van der Waals surface area contributed by atoms with Crippen LogP contribution in [-0.4, -0.2) is 47.2 Å². The highest BCUT2D eigenvalue weighted by Gasteiger charge is 2.75. The fraction of sp³-hybridized carbons (Fsp3) is 0.739. The van der Waals surface area contributed by atoms with Gasteiger partial charge in [0, 0.05) is 30.9 Å². The van der Waals surface area contributed by atoms with Crippen LogP contribution >= 0.6 is 0 Å². The van der Waals surface area contributed by atoms with Gasteiger partial charge in [0.2, 0.25) is 0 Å². The van der Waals surface area contributed by atoms with E-state index >= 15 is 0 Å². The van der Waals surface area contributed by atoms with Crippen molar-refractivity contribution < 1.29 is 19.2 Å². The molecule has 5 heteroatoms. The Bertz CT molecular complexity index is 823. The smallest absolute Gasteiger partial charge is 0.165 e. The summed E-state index contributed by atoms with van der Waals surface area (Å²) in [5.74, 6) is 1.53. The summed E-state index contributed by atoms with van der Waals surface area (Å²) < 4.78 is 13.2. The second-order valence-corrected chi connectivity index (χ2v) is 9.93. The van der Waals surface area contributed by atoms with E-state index in [1.807, 2.05) is 6.07 Å². The summed E-state index contributed by atoms with van der Waals surface area (Å²) in [6, 6.07) is 3.75. The molecular formula is C23H31NO4. The lowest BCUT2D eigenvalue weighted by Crippen LogP contribution is -2.80. The minimum Gasteiger partial charge on any atom is -0.632 e. The maximum atomic E-state index is 14.3. The molecule has 1 spiro atoms. The van der Waals surface area contributed by atoms with E-state index in [4.69, 9.17) is 9.47 Å². The third-order valence-electron chi connectivity index (χ3n) is 8.48. The molecule has 5 atom stereocenters. The molecule has 5 aliphatic rings.